The van der Waals surface area contributed by atoms with Crippen LogP contribution in [0.4, 0.5) is 0 Å². The summed E-state index contributed by atoms with van der Waals surface area (Å²) >= 11 is 0. The normalized spacial score (nSPS) is 11.4. The van der Waals surface area contributed by atoms with E-state index >= 15 is 0 Å². The Balaban J connectivity index is 0.00000320. The van der Waals surface area contributed by atoms with Gasteiger partial charge in [0, 0.05) is 41.2 Å². The molecule has 190 valence electrons. The van der Waals surface area contributed by atoms with E-state index in [1.165, 1.54) is 0 Å². The van der Waals surface area contributed by atoms with Gasteiger partial charge in [0.2, 0.25) is 5.89 Å². The molecule has 0 radical (unpaired) electrons. The molecule has 0 aliphatic rings. The molecule has 0 bridgehead atoms. The van der Waals surface area contributed by atoms with Crippen LogP contribution >= 0.6 is 12.4 Å². The van der Waals surface area contributed by atoms with E-state index in [0.717, 1.165) is 44.7 Å². The van der Waals surface area contributed by atoms with E-state index < -0.39 is 0 Å². The summed E-state index contributed by atoms with van der Waals surface area (Å²) in [5.41, 5.74) is 7.51. The van der Waals surface area contributed by atoms with E-state index in [9.17, 15) is 4.79 Å². The molecule has 5 aromatic rings. The van der Waals surface area contributed by atoms with Crippen molar-refractivity contribution in [2.75, 3.05) is 0 Å². The molecule has 1 aromatic carbocycles. The van der Waals surface area contributed by atoms with Crippen molar-refractivity contribution in [3.8, 4) is 22.4 Å². The first-order valence-electron chi connectivity index (χ1n) is 11.7. The maximum absolute atomic E-state index is 12.5. The van der Waals surface area contributed by atoms with E-state index in [1.54, 1.807) is 6.33 Å². The van der Waals surface area contributed by atoms with Crippen LogP contribution in [0.25, 0.3) is 27.9 Å². The Bertz CT molecular complexity index is 1580. The van der Waals surface area contributed by atoms with Crippen molar-refractivity contribution in [2.24, 2.45) is 0 Å². The highest BCUT2D eigenvalue weighted by molar-refractivity contribution is 5.90. The minimum absolute atomic E-state index is 0. The number of aryl methyl sites for hydroxylation is 2. The van der Waals surface area contributed by atoms with E-state index in [-0.39, 0.29) is 29.6 Å². The second-order valence-electron chi connectivity index (χ2n) is 9.85. The summed E-state index contributed by atoms with van der Waals surface area (Å²) in [6.45, 7) is 10.2. The summed E-state index contributed by atoms with van der Waals surface area (Å²) in [7, 11) is 0. The molecule has 1 amide bonds. The predicted octanol–water partition coefficient (Wildman–Crippen LogP) is 5.11. The molecule has 0 aliphatic carbocycles. The summed E-state index contributed by atoms with van der Waals surface area (Å²) in [4.78, 5) is 25.6. The molecule has 0 saturated carbocycles. The third-order valence-electron chi connectivity index (χ3n) is 5.96. The Kier molecular flexibility index (Phi) is 7.09. The van der Waals surface area contributed by atoms with Gasteiger partial charge in [-0.25, -0.2) is 9.50 Å². The van der Waals surface area contributed by atoms with Gasteiger partial charge in [-0.1, -0.05) is 38.1 Å². The summed E-state index contributed by atoms with van der Waals surface area (Å²) in [6.07, 6.45) is 5.36. The van der Waals surface area contributed by atoms with Gasteiger partial charge in [0.05, 0.1) is 11.2 Å². The summed E-state index contributed by atoms with van der Waals surface area (Å²) < 4.78 is 7.06. The first kappa shape index (κ1) is 26.0. The van der Waals surface area contributed by atoms with E-state index in [2.05, 4.69) is 42.7 Å². The van der Waals surface area contributed by atoms with Crippen LogP contribution in [0.1, 0.15) is 54.1 Å². The lowest BCUT2D eigenvalue weighted by Gasteiger charge is -2.10. The van der Waals surface area contributed by atoms with Crippen molar-refractivity contribution in [3.63, 3.8) is 0 Å². The number of carbonyl (C=O) groups excluding carboxylic acids is 1. The Morgan fingerprint density at radius 3 is 2.54 bits per heavy atom. The standard InChI is InChI=1S/C27H27N7O2.ClH/c1-16-10-19(6-7-20(16)13-29-25(35)24-32-26(36-33-24)27(3,4)5)23-22-12-21(14-34(22)31-15-30-23)18-8-9-28-17(2)11-18;/h6-12,14-15H,13H2,1-5H3,(H,29,35);1H. The lowest BCUT2D eigenvalue weighted by Crippen LogP contribution is -2.24. The molecule has 0 aliphatic heterocycles. The molecular weight excluding hydrogens is 490 g/mol. The van der Waals surface area contributed by atoms with E-state index in [0.29, 0.717) is 12.4 Å². The molecular formula is C27H28ClN7O2. The number of hydrogen-bond donors (Lipinski definition) is 1. The molecule has 0 spiro atoms. The van der Waals surface area contributed by atoms with Crippen molar-refractivity contribution in [1.29, 1.82) is 0 Å². The second kappa shape index (κ2) is 10.1. The Morgan fingerprint density at radius 2 is 1.84 bits per heavy atom. The zero-order valence-electron chi connectivity index (χ0n) is 21.3. The number of carbonyl (C=O) groups is 1. The van der Waals surface area contributed by atoms with Crippen molar-refractivity contribution < 1.29 is 9.32 Å². The number of benzene rings is 1. The Morgan fingerprint density at radius 1 is 1.03 bits per heavy atom. The van der Waals surface area contributed by atoms with Gasteiger partial charge in [0.25, 0.3) is 11.7 Å². The van der Waals surface area contributed by atoms with Crippen LogP contribution in [0.2, 0.25) is 0 Å². The number of fused-ring (bicyclic) bond motifs is 1. The fourth-order valence-corrected chi connectivity index (χ4v) is 3.95. The van der Waals surface area contributed by atoms with Crippen molar-refractivity contribution in [2.45, 2.75) is 46.6 Å². The van der Waals surface area contributed by atoms with Crippen LogP contribution in [0.5, 0.6) is 0 Å². The molecule has 0 saturated heterocycles. The third kappa shape index (κ3) is 5.36. The van der Waals surface area contributed by atoms with Crippen LogP contribution in [0.15, 0.2) is 59.6 Å². The summed E-state index contributed by atoms with van der Waals surface area (Å²) in [5, 5.41) is 11.1. The molecule has 0 unspecified atom stereocenters. The molecule has 0 atom stereocenters. The van der Waals surface area contributed by atoms with Gasteiger partial charge in [-0.3, -0.25) is 9.78 Å². The van der Waals surface area contributed by atoms with Crippen molar-refractivity contribution in [3.05, 3.63) is 83.7 Å². The first-order chi connectivity index (χ1) is 17.2. The van der Waals surface area contributed by atoms with Gasteiger partial charge in [0.15, 0.2) is 0 Å². The molecule has 4 heterocycles. The maximum atomic E-state index is 12.5. The highest BCUT2D eigenvalue weighted by Gasteiger charge is 2.24. The Hall–Kier alpha value is -4.11. The fraction of sp³-hybridized carbons (Fsp3) is 0.259. The molecule has 0 fully saturated rings. The average molecular weight is 518 g/mol. The lowest BCUT2D eigenvalue weighted by molar-refractivity contribution is 0.0937. The van der Waals surface area contributed by atoms with E-state index in [1.807, 2.05) is 75.8 Å². The number of pyridine rings is 1. The minimum Gasteiger partial charge on any atom is -0.345 e. The quantitative estimate of drug-likeness (QED) is 0.345. The van der Waals surface area contributed by atoms with Gasteiger partial charge in [-0.15, -0.1) is 12.4 Å². The number of rotatable bonds is 5. The molecule has 5 rings (SSSR count). The largest absolute Gasteiger partial charge is 0.345 e. The van der Waals surface area contributed by atoms with Crippen LogP contribution in [0.3, 0.4) is 0 Å². The average Bonchev–Trinajstić information content (AvgIpc) is 3.51. The van der Waals surface area contributed by atoms with Crippen LogP contribution in [0, 0.1) is 13.8 Å². The van der Waals surface area contributed by atoms with Gasteiger partial charge < -0.3 is 9.84 Å². The zero-order chi connectivity index (χ0) is 25.4. The number of amides is 1. The predicted molar refractivity (Wildman–Crippen MR) is 143 cm³/mol. The van der Waals surface area contributed by atoms with Gasteiger partial charge >= 0.3 is 0 Å². The van der Waals surface area contributed by atoms with Crippen molar-refractivity contribution >= 4 is 23.8 Å². The van der Waals surface area contributed by atoms with Gasteiger partial charge in [-0.2, -0.15) is 10.1 Å². The maximum Gasteiger partial charge on any atom is 0.292 e. The number of halogens is 1. The topological polar surface area (TPSA) is 111 Å². The first-order valence-corrected chi connectivity index (χ1v) is 11.7. The number of nitrogens with one attached hydrogen (secondary N) is 1. The van der Waals surface area contributed by atoms with Crippen LogP contribution in [-0.4, -0.2) is 35.6 Å². The van der Waals surface area contributed by atoms with Gasteiger partial charge in [0.1, 0.15) is 6.33 Å². The molecule has 37 heavy (non-hydrogen) atoms. The third-order valence-corrected chi connectivity index (χ3v) is 5.96. The fourth-order valence-electron chi connectivity index (χ4n) is 3.95. The SMILES string of the molecule is Cc1cc(-c2cc3c(-c4ccc(CNC(=O)c5noc(C(C)(C)C)n5)c(C)c4)ncnn3c2)ccn1.Cl. The molecule has 1 N–H and O–H groups in total. The minimum atomic E-state index is -0.373. The van der Waals surface area contributed by atoms with Gasteiger partial charge in [-0.05, 0) is 54.8 Å². The number of nitrogens with zero attached hydrogens (tertiary/aromatic N) is 6. The van der Waals surface area contributed by atoms with Crippen molar-refractivity contribution in [1.82, 2.24) is 35.0 Å². The van der Waals surface area contributed by atoms with Crippen LogP contribution in [-0.2, 0) is 12.0 Å². The molecule has 9 nitrogen and oxygen atoms in total. The second-order valence-corrected chi connectivity index (χ2v) is 9.85. The van der Waals surface area contributed by atoms with Crippen LogP contribution < -0.4 is 5.32 Å². The van der Waals surface area contributed by atoms with E-state index in [4.69, 9.17) is 4.52 Å². The zero-order valence-corrected chi connectivity index (χ0v) is 22.1. The highest BCUT2D eigenvalue weighted by Crippen LogP contribution is 2.29. The monoisotopic (exact) mass is 517 g/mol. The highest BCUT2D eigenvalue weighted by atomic mass is 35.5. The lowest BCUT2D eigenvalue weighted by atomic mass is 9.97. The molecule has 10 heteroatoms. The summed E-state index contributed by atoms with van der Waals surface area (Å²) in [6, 6.07) is 12.2. The summed E-state index contributed by atoms with van der Waals surface area (Å²) in [5.74, 6) is 0.0882. The molecule has 4 aromatic heterocycles. The Labute approximate surface area is 220 Å². The number of aromatic nitrogens is 6. The number of hydrogen-bond acceptors (Lipinski definition) is 7. The smallest absolute Gasteiger partial charge is 0.292 e.